The number of carbonyl (C=O) groups is 1. The summed E-state index contributed by atoms with van der Waals surface area (Å²) in [5.41, 5.74) is 0. The van der Waals surface area contributed by atoms with Crippen molar-refractivity contribution in [1.29, 1.82) is 0 Å². The predicted molar refractivity (Wildman–Crippen MR) is 84.0 cm³/mol. The van der Waals surface area contributed by atoms with Gasteiger partial charge >= 0.3 is 0 Å². The molecule has 0 saturated heterocycles. The zero-order valence-corrected chi connectivity index (χ0v) is 12.7. The lowest BCUT2D eigenvalue weighted by atomic mass is 10.2. The van der Waals surface area contributed by atoms with Crippen LogP contribution in [0.25, 0.3) is 0 Å². The van der Waals surface area contributed by atoms with Gasteiger partial charge in [0.1, 0.15) is 6.10 Å². The van der Waals surface area contributed by atoms with E-state index in [0.29, 0.717) is 19.4 Å². The molecule has 0 bridgehead atoms. The molecule has 1 amide bonds. The molecule has 106 valence electrons. The van der Waals surface area contributed by atoms with Gasteiger partial charge in [0.05, 0.1) is 6.54 Å². The highest BCUT2D eigenvalue weighted by Gasteiger charge is 2.14. The first-order valence-electron chi connectivity index (χ1n) is 6.38. The predicted octanol–water partition coefficient (Wildman–Crippen LogP) is 3.47. The Morgan fingerprint density at radius 2 is 2.25 bits per heavy atom. The third-order valence-electron chi connectivity index (χ3n) is 2.80. The molecular formula is C15H17NO2S2. The Hall–Kier alpha value is -1.43. The van der Waals surface area contributed by atoms with Gasteiger partial charge in [0.2, 0.25) is 5.91 Å². The van der Waals surface area contributed by atoms with Crippen LogP contribution in [-0.2, 0) is 11.3 Å². The molecule has 0 radical (unpaired) electrons. The summed E-state index contributed by atoms with van der Waals surface area (Å²) in [6, 6.07) is 7.72. The van der Waals surface area contributed by atoms with Gasteiger partial charge in [0.25, 0.3) is 0 Å². The second kappa shape index (κ2) is 7.38. The van der Waals surface area contributed by atoms with Gasteiger partial charge in [-0.05, 0) is 30.0 Å². The van der Waals surface area contributed by atoms with E-state index in [-0.39, 0.29) is 5.91 Å². The van der Waals surface area contributed by atoms with Crippen molar-refractivity contribution in [1.82, 2.24) is 5.32 Å². The fourth-order valence-electron chi connectivity index (χ4n) is 1.73. The molecule has 2 heterocycles. The minimum Gasteiger partial charge on any atom is -0.382 e. The number of thiophene rings is 2. The van der Waals surface area contributed by atoms with Gasteiger partial charge in [-0.1, -0.05) is 12.1 Å². The molecule has 1 unspecified atom stereocenters. The third-order valence-corrected chi connectivity index (χ3v) is 4.86. The smallest absolute Gasteiger partial charge is 0.220 e. The molecular weight excluding hydrogens is 290 g/mol. The molecule has 2 aromatic heterocycles. The molecule has 5 heteroatoms. The second-order valence-corrected chi connectivity index (χ2v) is 6.51. The average Bonchev–Trinajstić information content (AvgIpc) is 3.12. The quantitative estimate of drug-likeness (QED) is 0.770. The van der Waals surface area contributed by atoms with E-state index in [0.717, 1.165) is 14.6 Å². The van der Waals surface area contributed by atoms with Crippen LogP contribution >= 0.6 is 22.7 Å². The molecule has 1 atom stereocenters. The van der Waals surface area contributed by atoms with E-state index in [4.69, 9.17) is 0 Å². The first-order chi connectivity index (χ1) is 9.70. The summed E-state index contributed by atoms with van der Waals surface area (Å²) in [6.45, 7) is 4.10. The molecule has 0 saturated carbocycles. The van der Waals surface area contributed by atoms with Crippen molar-refractivity contribution in [2.75, 3.05) is 0 Å². The average molecular weight is 307 g/mol. The number of carbonyl (C=O) groups excluding carboxylic acids is 1. The first kappa shape index (κ1) is 15.0. The van der Waals surface area contributed by atoms with Crippen molar-refractivity contribution in [2.24, 2.45) is 0 Å². The molecule has 0 fully saturated rings. The van der Waals surface area contributed by atoms with E-state index in [1.54, 1.807) is 6.08 Å². The fraction of sp³-hybridized carbons (Fsp3) is 0.267. The van der Waals surface area contributed by atoms with Crippen molar-refractivity contribution in [3.05, 3.63) is 56.9 Å². The van der Waals surface area contributed by atoms with Gasteiger partial charge in [0.15, 0.2) is 0 Å². The number of rotatable bonds is 7. The number of amides is 1. The Bertz CT molecular complexity index is 560. The van der Waals surface area contributed by atoms with Gasteiger partial charge in [-0.2, -0.15) is 0 Å². The number of hydrogen-bond donors (Lipinski definition) is 2. The highest BCUT2D eigenvalue weighted by Crippen LogP contribution is 2.30. The largest absolute Gasteiger partial charge is 0.382 e. The number of nitrogens with one attached hydrogen (secondary N) is 1. The molecule has 2 rings (SSSR count). The minimum atomic E-state index is -0.565. The molecule has 0 spiro atoms. The van der Waals surface area contributed by atoms with Crippen LogP contribution < -0.4 is 5.32 Å². The van der Waals surface area contributed by atoms with Gasteiger partial charge in [-0.15, -0.1) is 29.3 Å². The highest BCUT2D eigenvalue weighted by molar-refractivity contribution is 7.12. The monoisotopic (exact) mass is 307 g/mol. The Balaban J connectivity index is 1.89. The van der Waals surface area contributed by atoms with E-state index in [1.807, 2.05) is 29.6 Å². The van der Waals surface area contributed by atoms with E-state index >= 15 is 0 Å². The van der Waals surface area contributed by atoms with Crippen molar-refractivity contribution >= 4 is 28.6 Å². The Kier molecular flexibility index (Phi) is 5.52. The highest BCUT2D eigenvalue weighted by atomic mass is 32.1. The van der Waals surface area contributed by atoms with Crippen molar-refractivity contribution < 1.29 is 9.90 Å². The van der Waals surface area contributed by atoms with E-state index in [1.165, 1.54) is 22.7 Å². The maximum atomic E-state index is 11.5. The number of hydrogen-bond acceptors (Lipinski definition) is 4. The normalized spacial score (nSPS) is 12.1. The minimum absolute atomic E-state index is 0.0265. The summed E-state index contributed by atoms with van der Waals surface area (Å²) < 4.78 is 0. The summed E-state index contributed by atoms with van der Waals surface area (Å²) in [5, 5.41) is 15.0. The lowest BCUT2D eigenvalue weighted by Crippen LogP contribution is -2.21. The van der Waals surface area contributed by atoms with Crippen molar-refractivity contribution in [3.8, 4) is 0 Å². The van der Waals surface area contributed by atoms with E-state index in [2.05, 4.69) is 11.9 Å². The summed E-state index contributed by atoms with van der Waals surface area (Å²) in [7, 11) is 0. The van der Waals surface area contributed by atoms with Crippen LogP contribution in [0.1, 0.15) is 33.6 Å². The lowest BCUT2D eigenvalue weighted by molar-refractivity contribution is -0.121. The number of allylic oxidation sites excluding steroid dienone is 1. The zero-order valence-electron chi connectivity index (χ0n) is 11.0. The standard InChI is InChI=1S/C15H17NO2S2/c1-2-3-6-14(17)16-10-11-7-8-13(20-11)15(18)12-5-4-9-19-12/h2,4-5,7-9,15,18H,1,3,6,10H2,(H,16,17). The van der Waals surface area contributed by atoms with Gasteiger partial charge in [0, 0.05) is 21.1 Å². The molecule has 0 aliphatic rings. The Labute approximate surface area is 126 Å². The summed E-state index contributed by atoms with van der Waals surface area (Å²) in [5.74, 6) is 0.0265. The van der Waals surface area contributed by atoms with Crippen LogP contribution in [0.4, 0.5) is 0 Å². The van der Waals surface area contributed by atoms with Crippen molar-refractivity contribution in [3.63, 3.8) is 0 Å². The molecule has 0 aliphatic heterocycles. The SMILES string of the molecule is C=CCCC(=O)NCc1ccc(C(O)c2cccs2)s1. The maximum absolute atomic E-state index is 11.5. The maximum Gasteiger partial charge on any atom is 0.220 e. The molecule has 3 nitrogen and oxygen atoms in total. The van der Waals surface area contributed by atoms with Crippen LogP contribution in [0.15, 0.2) is 42.3 Å². The number of aliphatic hydroxyl groups is 1. The summed E-state index contributed by atoms with van der Waals surface area (Å²) >= 11 is 3.07. The fourth-order valence-corrected chi connectivity index (χ4v) is 3.49. The van der Waals surface area contributed by atoms with Crippen molar-refractivity contribution in [2.45, 2.75) is 25.5 Å². The van der Waals surface area contributed by atoms with E-state index in [9.17, 15) is 9.90 Å². The van der Waals surface area contributed by atoms with Gasteiger partial charge in [-0.25, -0.2) is 0 Å². The van der Waals surface area contributed by atoms with E-state index < -0.39 is 6.10 Å². The van der Waals surface area contributed by atoms with Gasteiger partial charge < -0.3 is 10.4 Å². The van der Waals surface area contributed by atoms with Crippen LogP contribution in [0.2, 0.25) is 0 Å². The second-order valence-electron chi connectivity index (χ2n) is 4.33. The molecule has 20 heavy (non-hydrogen) atoms. The summed E-state index contributed by atoms with van der Waals surface area (Å²) in [6.07, 6.45) is 2.34. The van der Waals surface area contributed by atoms with Gasteiger partial charge in [-0.3, -0.25) is 4.79 Å². The topological polar surface area (TPSA) is 49.3 Å². The van der Waals surface area contributed by atoms with Crippen LogP contribution in [0.5, 0.6) is 0 Å². The zero-order chi connectivity index (χ0) is 14.4. The van der Waals surface area contributed by atoms with Crippen LogP contribution in [0, 0.1) is 0 Å². The molecule has 0 aromatic carbocycles. The third kappa shape index (κ3) is 4.03. The lowest BCUT2D eigenvalue weighted by Gasteiger charge is -2.05. The summed E-state index contributed by atoms with van der Waals surface area (Å²) in [4.78, 5) is 14.4. The molecule has 0 aliphatic carbocycles. The molecule has 2 aromatic rings. The Morgan fingerprint density at radius 1 is 1.40 bits per heavy atom. The number of aliphatic hydroxyl groups excluding tert-OH is 1. The van der Waals surface area contributed by atoms with Crippen LogP contribution in [0.3, 0.4) is 0 Å². The van der Waals surface area contributed by atoms with Crippen LogP contribution in [-0.4, -0.2) is 11.0 Å². The Morgan fingerprint density at radius 3 is 2.95 bits per heavy atom. The molecule has 2 N–H and O–H groups in total. The first-order valence-corrected chi connectivity index (χ1v) is 8.08.